The van der Waals surface area contributed by atoms with E-state index < -0.39 is 0 Å². The van der Waals surface area contributed by atoms with Gasteiger partial charge >= 0.3 is 0 Å². The molecule has 0 fully saturated rings. The van der Waals surface area contributed by atoms with Gasteiger partial charge in [-0.3, -0.25) is 9.59 Å². The summed E-state index contributed by atoms with van der Waals surface area (Å²) < 4.78 is 5.13. The number of hydrogen-bond acceptors (Lipinski definition) is 4. The van der Waals surface area contributed by atoms with Gasteiger partial charge in [-0.25, -0.2) is 0 Å². The highest BCUT2D eigenvalue weighted by molar-refractivity contribution is 5.97. The van der Waals surface area contributed by atoms with E-state index in [-0.39, 0.29) is 24.8 Å². The summed E-state index contributed by atoms with van der Waals surface area (Å²) in [7, 11) is 1.49. The number of anilines is 1. The number of benzene rings is 2. The number of nitrogens with one attached hydrogen (secondary N) is 2. The zero-order chi connectivity index (χ0) is 17.4. The first kappa shape index (κ1) is 17.0. The summed E-state index contributed by atoms with van der Waals surface area (Å²) in [6, 6.07) is 15.5. The van der Waals surface area contributed by atoms with Crippen LogP contribution in [0.3, 0.4) is 0 Å². The number of carbonyl (C=O) groups excluding carboxylic acids is 2. The van der Waals surface area contributed by atoms with Crippen molar-refractivity contribution in [1.29, 1.82) is 5.26 Å². The third-order valence-electron chi connectivity index (χ3n) is 3.26. The van der Waals surface area contributed by atoms with E-state index >= 15 is 0 Å². The van der Waals surface area contributed by atoms with Crippen molar-refractivity contribution in [3.05, 3.63) is 59.7 Å². The van der Waals surface area contributed by atoms with E-state index in [0.29, 0.717) is 22.6 Å². The number of amides is 2. The van der Waals surface area contributed by atoms with Crippen molar-refractivity contribution in [3.63, 3.8) is 0 Å². The second-order valence-electron chi connectivity index (χ2n) is 4.95. The molecule has 24 heavy (non-hydrogen) atoms. The summed E-state index contributed by atoms with van der Waals surface area (Å²) in [6.45, 7) is 0.195. The van der Waals surface area contributed by atoms with Crippen molar-refractivity contribution in [2.45, 2.75) is 6.42 Å². The van der Waals surface area contributed by atoms with Crippen LogP contribution in [0.1, 0.15) is 22.3 Å². The second-order valence-corrected chi connectivity index (χ2v) is 4.95. The minimum Gasteiger partial charge on any atom is -0.496 e. The summed E-state index contributed by atoms with van der Waals surface area (Å²) in [6.07, 6.45) is 0.123. The Kier molecular flexibility index (Phi) is 5.92. The van der Waals surface area contributed by atoms with Crippen LogP contribution in [0.25, 0.3) is 0 Å². The van der Waals surface area contributed by atoms with Gasteiger partial charge in [-0.1, -0.05) is 18.2 Å². The zero-order valence-electron chi connectivity index (χ0n) is 13.2. The van der Waals surface area contributed by atoms with Crippen LogP contribution in [0.5, 0.6) is 5.75 Å². The predicted molar refractivity (Wildman–Crippen MR) is 89.7 cm³/mol. The van der Waals surface area contributed by atoms with Gasteiger partial charge in [0.1, 0.15) is 5.75 Å². The predicted octanol–water partition coefficient (Wildman–Crippen LogP) is 2.33. The fraction of sp³-hybridized carbons (Fsp3) is 0.167. The first-order chi connectivity index (χ1) is 11.6. The fourth-order valence-electron chi connectivity index (χ4n) is 2.11. The molecule has 0 bridgehead atoms. The van der Waals surface area contributed by atoms with E-state index in [9.17, 15) is 9.59 Å². The molecule has 0 radical (unpaired) electrons. The van der Waals surface area contributed by atoms with Crippen molar-refractivity contribution in [2.24, 2.45) is 0 Å². The van der Waals surface area contributed by atoms with Crippen molar-refractivity contribution >= 4 is 17.5 Å². The first-order valence-corrected chi connectivity index (χ1v) is 7.35. The highest BCUT2D eigenvalue weighted by Gasteiger charge is 2.11. The van der Waals surface area contributed by atoms with E-state index in [1.807, 2.05) is 6.07 Å². The van der Waals surface area contributed by atoms with Crippen LogP contribution in [0.2, 0.25) is 0 Å². The number of hydrogen-bond donors (Lipinski definition) is 2. The van der Waals surface area contributed by atoms with E-state index in [0.717, 1.165) is 0 Å². The van der Waals surface area contributed by atoms with Gasteiger partial charge in [0, 0.05) is 18.7 Å². The molecule has 0 aliphatic carbocycles. The Balaban J connectivity index is 1.84. The molecule has 0 atom stereocenters. The van der Waals surface area contributed by atoms with E-state index in [1.54, 1.807) is 48.5 Å². The lowest BCUT2D eigenvalue weighted by atomic mass is 10.2. The molecule has 0 heterocycles. The van der Waals surface area contributed by atoms with Crippen LogP contribution < -0.4 is 15.4 Å². The quantitative estimate of drug-likeness (QED) is 0.853. The molecule has 0 spiro atoms. The number of carbonyl (C=O) groups is 2. The molecule has 6 heteroatoms. The SMILES string of the molecule is COc1ccccc1C(=O)NCCC(=O)Nc1cccc(C#N)c1. The van der Waals surface area contributed by atoms with Crippen LogP contribution in [-0.2, 0) is 4.79 Å². The number of rotatable bonds is 6. The fourth-order valence-corrected chi connectivity index (χ4v) is 2.11. The van der Waals surface area contributed by atoms with Crippen molar-refractivity contribution in [2.75, 3.05) is 19.0 Å². The third-order valence-corrected chi connectivity index (χ3v) is 3.26. The van der Waals surface area contributed by atoms with Crippen LogP contribution in [0, 0.1) is 11.3 Å². The molecule has 2 N–H and O–H groups in total. The highest BCUT2D eigenvalue weighted by atomic mass is 16.5. The number of nitrogens with zero attached hydrogens (tertiary/aromatic N) is 1. The largest absolute Gasteiger partial charge is 0.496 e. The molecule has 0 unspecified atom stereocenters. The summed E-state index contributed by atoms with van der Waals surface area (Å²) in [4.78, 5) is 24.0. The standard InChI is InChI=1S/C18H17N3O3/c1-24-16-8-3-2-7-15(16)18(23)20-10-9-17(22)21-14-6-4-5-13(11-14)12-19/h2-8,11H,9-10H2,1H3,(H,20,23)(H,21,22). The van der Waals surface area contributed by atoms with E-state index in [1.165, 1.54) is 7.11 Å². The molecule has 0 aliphatic rings. The van der Waals surface area contributed by atoms with Crippen molar-refractivity contribution in [3.8, 4) is 11.8 Å². The molecular weight excluding hydrogens is 306 g/mol. The molecule has 0 saturated carbocycles. The maximum Gasteiger partial charge on any atom is 0.255 e. The van der Waals surface area contributed by atoms with Crippen LogP contribution >= 0.6 is 0 Å². The molecule has 2 amide bonds. The normalized spacial score (nSPS) is 9.67. The van der Waals surface area contributed by atoms with Crippen LogP contribution in [0.15, 0.2) is 48.5 Å². The molecule has 2 aromatic carbocycles. The molecule has 0 saturated heterocycles. The summed E-state index contributed by atoms with van der Waals surface area (Å²) in [5.41, 5.74) is 1.44. The van der Waals surface area contributed by atoms with Gasteiger partial charge in [0.2, 0.25) is 5.91 Å². The molecular formula is C18H17N3O3. The van der Waals surface area contributed by atoms with E-state index in [4.69, 9.17) is 10.00 Å². The van der Waals surface area contributed by atoms with Crippen molar-refractivity contribution in [1.82, 2.24) is 5.32 Å². The maximum atomic E-state index is 12.1. The van der Waals surface area contributed by atoms with E-state index in [2.05, 4.69) is 10.6 Å². The van der Waals surface area contributed by atoms with Crippen molar-refractivity contribution < 1.29 is 14.3 Å². The maximum absolute atomic E-state index is 12.1. The molecule has 0 aromatic heterocycles. The number of nitriles is 1. The van der Waals surface area contributed by atoms with Gasteiger partial charge in [0.05, 0.1) is 24.3 Å². The molecule has 6 nitrogen and oxygen atoms in total. The Morgan fingerprint density at radius 3 is 2.71 bits per heavy atom. The third kappa shape index (κ3) is 4.58. The first-order valence-electron chi connectivity index (χ1n) is 7.35. The zero-order valence-corrected chi connectivity index (χ0v) is 13.2. The second kappa shape index (κ2) is 8.34. The molecule has 2 rings (SSSR count). The lowest BCUT2D eigenvalue weighted by molar-refractivity contribution is -0.116. The average molecular weight is 323 g/mol. The van der Waals surface area contributed by atoms with Gasteiger partial charge in [-0.15, -0.1) is 0 Å². The lowest BCUT2D eigenvalue weighted by Crippen LogP contribution is -2.28. The van der Waals surface area contributed by atoms with Gasteiger partial charge in [-0.2, -0.15) is 5.26 Å². The minimum atomic E-state index is -0.299. The number of methoxy groups -OCH3 is 1. The molecule has 2 aromatic rings. The highest BCUT2D eigenvalue weighted by Crippen LogP contribution is 2.16. The number of ether oxygens (including phenoxy) is 1. The van der Waals surface area contributed by atoms with Gasteiger partial charge < -0.3 is 15.4 Å². The number of para-hydroxylation sites is 1. The monoisotopic (exact) mass is 323 g/mol. The summed E-state index contributed by atoms with van der Waals surface area (Å²) in [5.74, 6) is -0.0649. The average Bonchev–Trinajstić information content (AvgIpc) is 2.61. The Bertz CT molecular complexity index is 781. The lowest BCUT2D eigenvalue weighted by Gasteiger charge is -2.09. The minimum absolute atomic E-state index is 0.123. The Hall–Kier alpha value is -3.33. The Labute approximate surface area is 140 Å². The molecule has 122 valence electrons. The Morgan fingerprint density at radius 2 is 1.96 bits per heavy atom. The van der Waals surface area contributed by atoms with Gasteiger partial charge in [0.15, 0.2) is 0 Å². The van der Waals surface area contributed by atoms with Crippen LogP contribution in [0.4, 0.5) is 5.69 Å². The summed E-state index contributed by atoms with van der Waals surface area (Å²) in [5, 5.41) is 14.2. The van der Waals surface area contributed by atoms with Gasteiger partial charge in [-0.05, 0) is 30.3 Å². The molecule has 0 aliphatic heterocycles. The smallest absolute Gasteiger partial charge is 0.255 e. The summed E-state index contributed by atoms with van der Waals surface area (Å²) >= 11 is 0. The Morgan fingerprint density at radius 1 is 1.17 bits per heavy atom. The van der Waals surface area contributed by atoms with Gasteiger partial charge in [0.25, 0.3) is 5.91 Å². The topological polar surface area (TPSA) is 91.2 Å². The van der Waals surface area contributed by atoms with Crippen LogP contribution in [-0.4, -0.2) is 25.5 Å².